The van der Waals surface area contributed by atoms with Crippen LogP contribution in [0.1, 0.15) is 18.1 Å². The third-order valence-electron chi connectivity index (χ3n) is 1.85. The minimum Gasteiger partial charge on any atom is -0.386 e. The number of hydrogen-bond acceptors (Lipinski definition) is 4. The van der Waals surface area contributed by atoms with E-state index >= 15 is 0 Å². The standard InChI is InChI=1S/C9H7N3O/c10-5-8-4-9(13-12-8)7-2-1-3-11-6-7/h1-3,6,9H,4H2. The van der Waals surface area contributed by atoms with E-state index in [2.05, 4.69) is 10.1 Å². The van der Waals surface area contributed by atoms with E-state index in [4.69, 9.17) is 10.1 Å². The minimum absolute atomic E-state index is 0.136. The van der Waals surface area contributed by atoms with Crippen molar-refractivity contribution < 1.29 is 4.84 Å². The molecule has 1 atom stereocenters. The summed E-state index contributed by atoms with van der Waals surface area (Å²) in [5, 5.41) is 12.2. The summed E-state index contributed by atoms with van der Waals surface area (Å²) >= 11 is 0. The molecule has 0 spiro atoms. The lowest BCUT2D eigenvalue weighted by Gasteiger charge is -2.05. The highest BCUT2D eigenvalue weighted by atomic mass is 16.6. The Morgan fingerprint density at radius 2 is 2.54 bits per heavy atom. The summed E-state index contributed by atoms with van der Waals surface area (Å²) < 4.78 is 0. The van der Waals surface area contributed by atoms with Gasteiger partial charge in [-0.1, -0.05) is 11.2 Å². The second kappa shape index (κ2) is 3.23. The second-order valence-electron chi connectivity index (χ2n) is 2.73. The Morgan fingerprint density at radius 3 is 3.15 bits per heavy atom. The molecule has 1 aliphatic rings. The van der Waals surface area contributed by atoms with Gasteiger partial charge in [-0.2, -0.15) is 5.26 Å². The Bertz CT molecular complexity index is 366. The molecule has 0 aliphatic carbocycles. The van der Waals surface area contributed by atoms with Crippen LogP contribution in [0, 0.1) is 11.3 Å². The van der Waals surface area contributed by atoms with Crippen molar-refractivity contribution in [1.82, 2.24) is 4.98 Å². The fraction of sp³-hybridized carbons (Fsp3) is 0.222. The highest BCUT2D eigenvalue weighted by molar-refractivity contribution is 5.99. The largest absolute Gasteiger partial charge is 0.386 e. The molecule has 0 saturated heterocycles. The van der Waals surface area contributed by atoms with E-state index < -0.39 is 0 Å². The predicted molar refractivity (Wildman–Crippen MR) is 45.7 cm³/mol. The van der Waals surface area contributed by atoms with Crippen LogP contribution in [0.3, 0.4) is 0 Å². The van der Waals surface area contributed by atoms with Gasteiger partial charge in [0.2, 0.25) is 0 Å². The van der Waals surface area contributed by atoms with Gasteiger partial charge < -0.3 is 4.84 Å². The van der Waals surface area contributed by atoms with Gasteiger partial charge in [-0.25, -0.2) is 0 Å². The first-order valence-electron chi connectivity index (χ1n) is 3.93. The molecule has 0 saturated carbocycles. The number of pyridine rings is 1. The lowest BCUT2D eigenvalue weighted by atomic mass is 10.1. The Kier molecular flexibility index (Phi) is 1.93. The normalized spacial score (nSPS) is 20.2. The van der Waals surface area contributed by atoms with E-state index in [0.29, 0.717) is 12.1 Å². The Balaban J connectivity index is 2.12. The summed E-state index contributed by atoms with van der Waals surface area (Å²) in [5.41, 5.74) is 1.39. The molecule has 0 radical (unpaired) electrons. The lowest BCUT2D eigenvalue weighted by molar-refractivity contribution is 0.0855. The van der Waals surface area contributed by atoms with Gasteiger partial charge in [-0.05, 0) is 6.07 Å². The van der Waals surface area contributed by atoms with Gasteiger partial charge in [0, 0.05) is 24.4 Å². The SMILES string of the molecule is N#CC1=NOC(c2cccnc2)C1. The van der Waals surface area contributed by atoms with Crippen molar-refractivity contribution in [3.8, 4) is 6.07 Å². The summed E-state index contributed by atoms with van der Waals surface area (Å²) in [6.07, 6.45) is 3.83. The third-order valence-corrected chi connectivity index (χ3v) is 1.85. The van der Waals surface area contributed by atoms with E-state index in [1.54, 1.807) is 12.4 Å². The van der Waals surface area contributed by atoms with Gasteiger partial charge in [0.15, 0.2) is 11.8 Å². The zero-order valence-corrected chi connectivity index (χ0v) is 6.84. The van der Waals surface area contributed by atoms with Gasteiger partial charge in [0.05, 0.1) is 0 Å². The second-order valence-corrected chi connectivity index (χ2v) is 2.73. The number of oxime groups is 1. The summed E-state index contributed by atoms with van der Waals surface area (Å²) in [4.78, 5) is 9.03. The molecule has 0 N–H and O–H groups in total. The minimum atomic E-state index is -0.136. The smallest absolute Gasteiger partial charge is 0.161 e. The summed E-state index contributed by atoms with van der Waals surface area (Å²) in [5.74, 6) is 0. The van der Waals surface area contributed by atoms with E-state index in [0.717, 1.165) is 5.56 Å². The number of nitrogens with zero attached hydrogens (tertiary/aromatic N) is 3. The van der Waals surface area contributed by atoms with Crippen LogP contribution >= 0.6 is 0 Å². The number of rotatable bonds is 1. The van der Waals surface area contributed by atoms with Crippen LogP contribution < -0.4 is 0 Å². The maximum Gasteiger partial charge on any atom is 0.161 e. The topological polar surface area (TPSA) is 58.3 Å². The maximum atomic E-state index is 8.55. The monoisotopic (exact) mass is 173 g/mol. The van der Waals surface area contributed by atoms with Crippen molar-refractivity contribution in [2.75, 3.05) is 0 Å². The van der Waals surface area contributed by atoms with Crippen LogP contribution in [0.5, 0.6) is 0 Å². The number of hydrogen-bond donors (Lipinski definition) is 0. The van der Waals surface area contributed by atoms with Crippen molar-refractivity contribution in [2.24, 2.45) is 5.16 Å². The summed E-state index contributed by atoms with van der Waals surface area (Å²) in [6, 6.07) is 5.71. The molecule has 13 heavy (non-hydrogen) atoms. The molecule has 1 aliphatic heterocycles. The third kappa shape index (κ3) is 1.49. The Morgan fingerprint density at radius 1 is 1.62 bits per heavy atom. The predicted octanol–water partition coefficient (Wildman–Crippen LogP) is 1.42. The molecule has 1 aromatic heterocycles. The fourth-order valence-electron chi connectivity index (χ4n) is 1.19. The van der Waals surface area contributed by atoms with E-state index in [-0.39, 0.29) is 6.10 Å². The van der Waals surface area contributed by atoms with Crippen molar-refractivity contribution in [3.05, 3.63) is 30.1 Å². The number of nitriles is 1. The zero-order chi connectivity index (χ0) is 9.10. The average Bonchev–Trinajstić information content (AvgIpc) is 2.67. The summed E-state index contributed by atoms with van der Waals surface area (Å²) in [7, 11) is 0. The van der Waals surface area contributed by atoms with Crippen LogP contribution in [0.2, 0.25) is 0 Å². The zero-order valence-electron chi connectivity index (χ0n) is 6.84. The fourth-order valence-corrected chi connectivity index (χ4v) is 1.19. The molecule has 0 amide bonds. The molecule has 64 valence electrons. The average molecular weight is 173 g/mol. The van der Waals surface area contributed by atoms with Crippen molar-refractivity contribution in [3.63, 3.8) is 0 Å². The van der Waals surface area contributed by atoms with Crippen LogP contribution in [-0.2, 0) is 4.84 Å². The van der Waals surface area contributed by atoms with E-state index in [1.165, 1.54) is 0 Å². The van der Waals surface area contributed by atoms with Crippen LogP contribution in [0.4, 0.5) is 0 Å². The molecule has 2 heterocycles. The molecular formula is C9H7N3O. The van der Waals surface area contributed by atoms with Crippen molar-refractivity contribution >= 4 is 5.71 Å². The van der Waals surface area contributed by atoms with Gasteiger partial charge >= 0.3 is 0 Å². The molecule has 2 rings (SSSR count). The molecule has 4 nitrogen and oxygen atoms in total. The Hall–Kier alpha value is -1.89. The molecule has 0 fully saturated rings. The lowest BCUT2D eigenvalue weighted by Crippen LogP contribution is -1.98. The first-order valence-corrected chi connectivity index (χ1v) is 3.93. The van der Waals surface area contributed by atoms with Gasteiger partial charge in [-0.3, -0.25) is 4.98 Å². The van der Waals surface area contributed by atoms with E-state index in [1.807, 2.05) is 18.2 Å². The van der Waals surface area contributed by atoms with Crippen molar-refractivity contribution in [1.29, 1.82) is 5.26 Å². The first kappa shape index (κ1) is 7.74. The van der Waals surface area contributed by atoms with Gasteiger partial charge in [0.1, 0.15) is 6.07 Å². The van der Waals surface area contributed by atoms with E-state index in [9.17, 15) is 0 Å². The highest BCUT2D eigenvalue weighted by Gasteiger charge is 2.22. The van der Waals surface area contributed by atoms with Crippen LogP contribution in [-0.4, -0.2) is 10.7 Å². The molecular weight excluding hydrogens is 166 g/mol. The summed E-state index contributed by atoms with van der Waals surface area (Å²) in [6.45, 7) is 0. The quantitative estimate of drug-likeness (QED) is 0.645. The molecule has 0 aromatic carbocycles. The molecule has 1 aromatic rings. The Labute approximate surface area is 75.5 Å². The molecule has 4 heteroatoms. The van der Waals surface area contributed by atoms with Crippen LogP contribution in [0.25, 0.3) is 0 Å². The number of aromatic nitrogens is 1. The maximum absolute atomic E-state index is 8.55. The van der Waals surface area contributed by atoms with Gasteiger partial charge in [-0.15, -0.1) is 0 Å². The van der Waals surface area contributed by atoms with Crippen LogP contribution in [0.15, 0.2) is 29.7 Å². The highest BCUT2D eigenvalue weighted by Crippen LogP contribution is 2.25. The van der Waals surface area contributed by atoms with Gasteiger partial charge in [0.25, 0.3) is 0 Å². The first-order chi connectivity index (χ1) is 6.40. The van der Waals surface area contributed by atoms with Crippen molar-refractivity contribution in [2.45, 2.75) is 12.5 Å². The molecule has 1 unspecified atom stereocenters. The molecule has 0 bridgehead atoms.